The molecule has 0 atom stereocenters. The molecule has 2 heterocycles. The number of ether oxygens (including phenoxy) is 1. The van der Waals surface area contributed by atoms with E-state index in [0.717, 1.165) is 5.56 Å². The molecule has 8 nitrogen and oxygen atoms in total. The quantitative estimate of drug-likeness (QED) is 0.743. The van der Waals surface area contributed by atoms with E-state index in [9.17, 15) is 13.2 Å². The van der Waals surface area contributed by atoms with Crippen LogP contribution in [0.5, 0.6) is 5.88 Å². The average Bonchev–Trinajstić information content (AvgIpc) is 2.72. The number of nitrogens with one attached hydrogen (secondary N) is 1. The topological polar surface area (TPSA) is 91.8 Å². The lowest BCUT2D eigenvalue weighted by Crippen LogP contribution is -2.53. The van der Waals surface area contributed by atoms with Crippen molar-refractivity contribution in [2.75, 3.05) is 33.3 Å². The minimum Gasteiger partial charge on any atom is -0.481 e. The molecule has 1 N–H and O–H groups in total. The number of rotatable bonds is 5. The minimum absolute atomic E-state index is 0.0748. The molecule has 0 saturated carbocycles. The Balaban J connectivity index is 1.57. The molecular formula is C18H20Cl2N4O4S. The second kappa shape index (κ2) is 9.17. The summed E-state index contributed by atoms with van der Waals surface area (Å²) < 4.78 is 32.1. The van der Waals surface area contributed by atoms with Crippen molar-refractivity contribution in [1.82, 2.24) is 19.5 Å². The van der Waals surface area contributed by atoms with Gasteiger partial charge in [-0.3, -0.25) is 0 Å². The standard InChI is InChI=1S/C18H20Cl2N4O4S/c1-28-16-6-5-13(11-21-16)12-22-18(25)23-7-9-24(10-8-23)29(26,27)17-14(19)3-2-4-15(17)20/h2-6,11H,7-10,12H2,1H3,(H,22,25). The molecule has 0 aliphatic carbocycles. The number of aromatic nitrogens is 1. The summed E-state index contributed by atoms with van der Waals surface area (Å²) in [4.78, 5) is 17.9. The molecule has 1 aliphatic rings. The smallest absolute Gasteiger partial charge is 0.317 e. The van der Waals surface area contributed by atoms with Gasteiger partial charge in [0.25, 0.3) is 0 Å². The number of carbonyl (C=O) groups is 1. The van der Waals surface area contributed by atoms with Gasteiger partial charge in [-0.2, -0.15) is 4.31 Å². The van der Waals surface area contributed by atoms with Crippen molar-refractivity contribution in [3.63, 3.8) is 0 Å². The molecule has 1 aromatic carbocycles. The van der Waals surface area contributed by atoms with Gasteiger partial charge < -0.3 is 15.0 Å². The van der Waals surface area contributed by atoms with E-state index in [-0.39, 0.29) is 47.2 Å². The van der Waals surface area contributed by atoms with Crippen molar-refractivity contribution in [2.45, 2.75) is 11.4 Å². The summed E-state index contributed by atoms with van der Waals surface area (Å²) in [6.45, 7) is 1.13. The van der Waals surface area contributed by atoms with Gasteiger partial charge in [0.2, 0.25) is 15.9 Å². The molecule has 0 bridgehead atoms. The highest BCUT2D eigenvalue weighted by Gasteiger charge is 2.32. The van der Waals surface area contributed by atoms with Gasteiger partial charge in [0.1, 0.15) is 4.90 Å². The Bertz CT molecular complexity index is 958. The zero-order chi connectivity index (χ0) is 21.0. The van der Waals surface area contributed by atoms with E-state index in [1.165, 1.54) is 23.5 Å². The monoisotopic (exact) mass is 458 g/mol. The fourth-order valence-corrected chi connectivity index (χ4v) is 5.43. The van der Waals surface area contributed by atoms with Gasteiger partial charge in [-0.15, -0.1) is 0 Å². The predicted molar refractivity (Wildman–Crippen MR) is 110 cm³/mol. The molecular weight excluding hydrogens is 439 g/mol. The Morgan fingerprint density at radius 2 is 1.79 bits per heavy atom. The number of nitrogens with zero attached hydrogens (tertiary/aromatic N) is 3. The maximum absolute atomic E-state index is 12.9. The molecule has 2 aromatic rings. The van der Waals surface area contributed by atoms with Crippen molar-refractivity contribution in [1.29, 1.82) is 0 Å². The maximum atomic E-state index is 12.9. The predicted octanol–water partition coefficient (Wildman–Crippen LogP) is 2.61. The second-order valence-electron chi connectivity index (χ2n) is 6.31. The third-order valence-electron chi connectivity index (χ3n) is 4.49. The SMILES string of the molecule is COc1ccc(CNC(=O)N2CCN(S(=O)(=O)c3c(Cl)cccc3Cl)CC2)cn1. The van der Waals surface area contributed by atoms with Crippen LogP contribution in [0.25, 0.3) is 0 Å². The van der Waals surface area contributed by atoms with Crippen LogP contribution in [-0.2, 0) is 16.6 Å². The number of sulfonamides is 1. The van der Waals surface area contributed by atoms with E-state index >= 15 is 0 Å². The molecule has 0 unspecified atom stereocenters. The first-order chi connectivity index (χ1) is 13.8. The highest BCUT2D eigenvalue weighted by Crippen LogP contribution is 2.31. The van der Waals surface area contributed by atoms with E-state index in [1.807, 2.05) is 6.07 Å². The molecule has 156 valence electrons. The third-order valence-corrected chi connectivity index (χ3v) is 7.35. The van der Waals surface area contributed by atoms with E-state index < -0.39 is 10.0 Å². The number of benzene rings is 1. The van der Waals surface area contributed by atoms with Crippen LogP contribution in [0, 0.1) is 0 Å². The summed E-state index contributed by atoms with van der Waals surface area (Å²) in [6, 6.07) is 7.81. The molecule has 2 amide bonds. The lowest BCUT2D eigenvalue weighted by Gasteiger charge is -2.34. The lowest BCUT2D eigenvalue weighted by atomic mass is 10.3. The Labute approximate surface area is 179 Å². The van der Waals surface area contributed by atoms with Crippen LogP contribution in [0.1, 0.15) is 5.56 Å². The first kappa shape index (κ1) is 21.6. The normalized spacial score (nSPS) is 15.2. The molecule has 1 fully saturated rings. The molecule has 1 saturated heterocycles. The number of pyridine rings is 1. The number of methoxy groups -OCH3 is 1. The van der Waals surface area contributed by atoms with Gasteiger partial charge in [0, 0.05) is 45.0 Å². The highest BCUT2D eigenvalue weighted by molar-refractivity contribution is 7.89. The molecule has 1 aliphatic heterocycles. The van der Waals surface area contributed by atoms with Crippen LogP contribution in [0.2, 0.25) is 10.0 Å². The van der Waals surface area contributed by atoms with E-state index in [1.54, 1.807) is 23.2 Å². The number of hydrogen-bond acceptors (Lipinski definition) is 5. The number of halogens is 2. The first-order valence-corrected chi connectivity index (χ1v) is 11.0. The minimum atomic E-state index is -3.84. The summed E-state index contributed by atoms with van der Waals surface area (Å²) in [7, 11) is -2.31. The van der Waals surface area contributed by atoms with Crippen molar-refractivity contribution in [2.24, 2.45) is 0 Å². The van der Waals surface area contributed by atoms with Crippen molar-refractivity contribution < 1.29 is 17.9 Å². The Kier molecular flexibility index (Phi) is 6.84. The van der Waals surface area contributed by atoms with Crippen LogP contribution >= 0.6 is 23.2 Å². The molecule has 29 heavy (non-hydrogen) atoms. The zero-order valence-corrected chi connectivity index (χ0v) is 18.0. The molecule has 1 aromatic heterocycles. The van der Waals surface area contributed by atoms with Gasteiger partial charge in [-0.05, 0) is 17.7 Å². The van der Waals surface area contributed by atoms with Gasteiger partial charge in [-0.25, -0.2) is 18.2 Å². The van der Waals surface area contributed by atoms with Gasteiger partial charge in [-0.1, -0.05) is 35.3 Å². The highest BCUT2D eigenvalue weighted by atomic mass is 35.5. The Morgan fingerprint density at radius 3 is 2.34 bits per heavy atom. The second-order valence-corrected chi connectivity index (χ2v) is 9.00. The van der Waals surface area contributed by atoms with Crippen LogP contribution in [0.3, 0.4) is 0 Å². The third kappa shape index (κ3) is 4.92. The van der Waals surface area contributed by atoms with Crippen LogP contribution in [-0.4, -0.2) is 61.9 Å². The number of amides is 2. The van der Waals surface area contributed by atoms with Crippen molar-refractivity contribution >= 4 is 39.3 Å². The van der Waals surface area contributed by atoms with Crippen LogP contribution in [0.4, 0.5) is 4.79 Å². The molecule has 11 heteroatoms. The van der Waals surface area contributed by atoms with Crippen LogP contribution < -0.4 is 10.1 Å². The summed E-state index contributed by atoms with van der Waals surface area (Å²) >= 11 is 12.1. The Hall–Kier alpha value is -2.07. The largest absolute Gasteiger partial charge is 0.481 e. The van der Waals surface area contributed by atoms with E-state index in [4.69, 9.17) is 27.9 Å². The fourth-order valence-electron chi connectivity index (χ4n) is 2.92. The summed E-state index contributed by atoms with van der Waals surface area (Å²) in [5.41, 5.74) is 0.828. The van der Waals surface area contributed by atoms with Gasteiger partial charge >= 0.3 is 6.03 Å². The summed E-state index contributed by atoms with van der Waals surface area (Å²) in [6.07, 6.45) is 1.62. The Morgan fingerprint density at radius 1 is 1.14 bits per heavy atom. The number of carbonyl (C=O) groups excluding carboxylic acids is 1. The number of hydrogen-bond donors (Lipinski definition) is 1. The van der Waals surface area contributed by atoms with Gasteiger partial charge in [0.15, 0.2) is 0 Å². The zero-order valence-electron chi connectivity index (χ0n) is 15.6. The van der Waals surface area contributed by atoms with E-state index in [2.05, 4.69) is 10.3 Å². The average molecular weight is 459 g/mol. The van der Waals surface area contributed by atoms with Gasteiger partial charge in [0.05, 0.1) is 17.2 Å². The lowest BCUT2D eigenvalue weighted by molar-refractivity contribution is 0.172. The maximum Gasteiger partial charge on any atom is 0.317 e. The molecule has 0 spiro atoms. The van der Waals surface area contributed by atoms with Crippen molar-refractivity contribution in [3.8, 4) is 5.88 Å². The summed E-state index contributed by atoms with van der Waals surface area (Å²) in [5.74, 6) is 0.496. The molecule has 3 rings (SSSR count). The molecule has 0 radical (unpaired) electrons. The van der Waals surface area contributed by atoms with E-state index in [0.29, 0.717) is 12.4 Å². The van der Waals surface area contributed by atoms with Crippen LogP contribution in [0.15, 0.2) is 41.4 Å². The first-order valence-electron chi connectivity index (χ1n) is 8.79. The fraction of sp³-hybridized carbons (Fsp3) is 0.333. The number of piperazine rings is 1. The number of urea groups is 1. The summed E-state index contributed by atoms with van der Waals surface area (Å²) in [5, 5.41) is 2.96. The van der Waals surface area contributed by atoms with Crippen molar-refractivity contribution in [3.05, 3.63) is 52.1 Å².